The number of benzene rings is 2. The molecule has 0 unspecified atom stereocenters. The molecule has 4 heteroatoms. The molecule has 0 amide bonds. The molecule has 0 aromatic heterocycles. The van der Waals surface area contributed by atoms with E-state index in [9.17, 15) is 4.39 Å². The number of nitrogens with two attached hydrogens (primary N) is 1. The number of nitrogens with zero attached hydrogens (tertiary/aromatic N) is 1. The number of hydrogen-bond acceptors (Lipinski definition) is 2. The Balaban J connectivity index is 2.06. The minimum Gasteiger partial charge on any atom is -0.397 e. The summed E-state index contributed by atoms with van der Waals surface area (Å²) in [6, 6.07) is 12.7. The molecule has 2 nitrogen and oxygen atoms in total. The van der Waals surface area contributed by atoms with Crippen LogP contribution in [0.3, 0.4) is 0 Å². The number of halogens is 2. The maximum absolute atomic E-state index is 13.6. The first-order valence-corrected chi connectivity index (χ1v) is 6.87. The summed E-state index contributed by atoms with van der Waals surface area (Å²) in [5, 5.41) is 0. The van der Waals surface area contributed by atoms with Crippen LogP contribution in [0.1, 0.15) is 5.56 Å². The molecule has 0 atom stereocenters. The fourth-order valence-corrected chi connectivity index (χ4v) is 2.39. The summed E-state index contributed by atoms with van der Waals surface area (Å²) >= 11 is 3.36. The Morgan fingerprint density at radius 3 is 2.68 bits per heavy atom. The Morgan fingerprint density at radius 1 is 1.21 bits per heavy atom. The molecule has 0 radical (unpaired) electrons. The normalized spacial score (nSPS) is 10.5. The summed E-state index contributed by atoms with van der Waals surface area (Å²) in [6.45, 7) is 0.710. The number of para-hydroxylation sites is 2. The van der Waals surface area contributed by atoms with E-state index in [2.05, 4.69) is 15.9 Å². The molecule has 0 aliphatic rings. The van der Waals surface area contributed by atoms with Gasteiger partial charge < -0.3 is 10.6 Å². The van der Waals surface area contributed by atoms with E-state index in [1.54, 1.807) is 6.07 Å². The van der Waals surface area contributed by atoms with Crippen molar-refractivity contribution in [3.05, 3.63) is 58.3 Å². The SMILES string of the molecule is CN(CCc1cc(Br)ccc1F)c1ccccc1N. The number of rotatable bonds is 4. The second-order valence-electron chi connectivity index (χ2n) is 4.47. The van der Waals surface area contributed by atoms with Crippen LogP contribution in [0.5, 0.6) is 0 Å². The highest BCUT2D eigenvalue weighted by molar-refractivity contribution is 9.10. The van der Waals surface area contributed by atoms with E-state index < -0.39 is 0 Å². The molecule has 0 fully saturated rings. The highest BCUT2D eigenvalue weighted by Crippen LogP contribution is 2.22. The van der Waals surface area contributed by atoms with Crippen molar-refractivity contribution >= 4 is 27.3 Å². The predicted molar refractivity (Wildman–Crippen MR) is 81.9 cm³/mol. The molecule has 0 saturated heterocycles. The molecule has 2 rings (SSSR count). The Bertz CT molecular complexity index is 572. The zero-order chi connectivity index (χ0) is 13.8. The van der Waals surface area contributed by atoms with Crippen LogP contribution in [0.25, 0.3) is 0 Å². The lowest BCUT2D eigenvalue weighted by Crippen LogP contribution is -2.21. The zero-order valence-electron chi connectivity index (χ0n) is 10.7. The van der Waals surface area contributed by atoms with Crippen molar-refractivity contribution in [1.82, 2.24) is 0 Å². The predicted octanol–water partition coefficient (Wildman–Crippen LogP) is 3.85. The fraction of sp³-hybridized carbons (Fsp3) is 0.200. The van der Waals surface area contributed by atoms with Crippen LogP contribution in [0.4, 0.5) is 15.8 Å². The molecule has 2 aromatic carbocycles. The lowest BCUT2D eigenvalue weighted by atomic mass is 10.1. The van der Waals surface area contributed by atoms with Crippen LogP contribution in [-0.4, -0.2) is 13.6 Å². The summed E-state index contributed by atoms with van der Waals surface area (Å²) in [7, 11) is 1.96. The first kappa shape index (κ1) is 13.9. The lowest BCUT2D eigenvalue weighted by Gasteiger charge is -2.21. The van der Waals surface area contributed by atoms with E-state index in [0.717, 1.165) is 15.8 Å². The molecule has 0 heterocycles. The second-order valence-corrected chi connectivity index (χ2v) is 5.38. The maximum atomic E-state index is 13.6. The van der Waals surface area contributed by atoms with Gasteiger partial charge in [0.2, 0.25) is 0 Å². The highest BCUT2D eigenvalue weighted by atomic mass is 79.9. The summed E-state index contributed by atoms with van der Waals surface area (Å²) in [4.78, 5) is 2.04. The van der Waals surface area contributed by atoms with Crippen molar-refractivity contribution < 1.29 is 4.39 Å². The molecular formula is C15H16BrFN2. The second kappa shape index (κ2) is 6.06. The topological polar surface area (TPSA) is 29.3 Å². The third kappa shape index (κ3) is 3.47. The molecule has 0 bridgehead atoms. The van der Waals surface area contributed by atoms with Crippen molar-refractivity contribution in [2.75, 3.05) is 24.2 Å². The van der Waals surface area contributed by atoms with Gasteiger partial charge in [0.25, 0.3) is 0 Å². The number of hydrogen-bond donors (Lipinski definition) is 1. The first-order chi connectivity index (χ1) is 9.08. The van der Waals surface area contributed by atoms with Gasteiger partial charge in [0.05, 0.1) is 11.4 Å². The molecule has 19 heavy (non-hydrogen) atoms. The van der Waals surface area contributed by atoms with Gasteiger partial charge in [0, 0.05) is 18.1 Å². The van der Waals surface area contributed by atoms with Crippen molar-refractivity contribution in [2.45, 2.75) is 6.42 Å². The number of nitrogen functional groups attached to an aromatic ring is 1. The van der Waals surface area contributed by atoms with Gasteiger partial charge in [0.15, 0.2) is 0 Å². The number of anilines is 2. The van der Waals surface area contributed by atoms with E-state index in [4.69, 9.17) is 5.73 Å². The fourth-order valence-electron chi connectivity index (χ4n) is 1.98. The monoisotopic (exact) mass is 322 g/mol. The Morgan fingerprint density at radius 2 is 1.95 bits per heavy atom. The molecule has 0 spiro atoms. The Hall–Kier alpha value is -1.55. The standard InChI is InChI=1S/C15H16BrFN2/c1-19(15-5-3-2-4-14(15)18)9-8-11-10-12(16)6-7-13(11)17/h2-7,10H,8-9,18H2,1H3. The third-order valence-electron chi connectivity index (χ3n) is 3.07. The average molecular weight is 323 g/mol. The van der Waals surface area contributed by atoms with Gasteiger partial charge in [-0.25, -0.2) is 4.39 Å². The zero-order valence-corrected chi connectivity index (χ0v) is 12.3. The van der Waals surface area contributed by atoms with Gasteiger partial charge in [-0.1, -0.05) is 28.1 Å². The molecule has 2 aromatic rings. The summed E-state index contributed by atoms with van der Waals surface area (Å²) < 4.78 is 14.5. The van der Waals surface area contributed by atoms with E-state index >= 15 is 0 Å². The minimum absolute atomic E-state index is 0.169. The van der Waals surface area contributed by atoms with E-state index in [1.807, 2.05) is 42.3 Å². The quantitative estimate of drug-likeness (QED) is 0.866. The molecule has 0 aliphatic heterocycles. The maximum Gasteiger partial charge on any atom is 0.126 e. The Labute approximate surface area is 121 Å². The lowest BCUT2D eigenvalue weighted by molar-refractivity contribution is 0.608. The van der Waals surface area contributed by atoms with Crippen LogP contribution in [0, 0.1) is 5.82 Å². The smallest absolute Gasteiger partial charge is 0.126 e. The van der Waals surface area contributed by atoms with Crippen LogP contribution < -0.4 is 10.6 Å². The van der Waals surface area contributed by atoms with E-state index in [-0.39, 0.29) is 5.82 Å². The first-order valence-electron chi connectivity index (χ1n) is 6.07. The molecule has 0 aliphatic carbocycles. The van der Waals surface area contributed by atoms with Crippen molar-refractivity contribution in [3.63, 3.8) is 0 Å². The molecule has 100 valence electrons. The summed E-state index contributed by atoms with van der Waals surface area (Å²) in [6.07, 6.45) is 0.635. The minimum atomic E-state index is -0.169. The molecule has 0 saturated carbocycles. The van der Waals surface area contributed by atoms with Crippen LogP contribution in [0.2, 0.25) is 0 Å². The Kier molecular flexibility index (Phi) is 4.43. The van der Waals surface area contributed by atoms with Gasteiger partial charge in [-0.3, -0.25) is 0 Å². The van der Waals surface area contributed by atoms with Crippen LogP contribution in [0.15, 0.2) is 46.9 Å². The third-order valence-corrected chi connectivity index (χ3v) is 3.57. The number of likely N-dealkylation sites (N-methyl/N-ethyl adjacent to an activating group) is 1. The highest BCUT2D eigenvalue weighted by Gasteiger charge is 2.07. The largest absolute Gasteiger partial charge is 0.397 e. The van der Waals surface area contributed by atoms with Gasteiger partial charge in [-0.05, 0) is 42.3 Å². The molecule has 2 N–H and O–H groups in total. The van der Waals surface area contributed by atoms with Gasteiger partial charge in [-0.15, -0.1) is 0 Å². The van der Waals surface area contributed by atoms with Crippen molar-refractivity contribution in [2.24, 2.45) is 0 Å². The summed E-state index contributed by atoms with van der Waals surface area (Å²) in [5.41, 5.74) is 8.33. The van der Waals surface area contributed by atoms with Crippen LogP contribution in [-0.2, 0) is 6.42 Å². The summed E-state index contributed by atoms with van der Waals surface area (Å²) in [5.74, 6) is -0.169. The average Bonchev–Trinajstić information content (AvgIpc) is 2.40. The van der Waals surface area contributed by atoms with Gasteiger partial charge in [-0.2, -0.15) is 0 Å². The van der Waals surface area contributed by atoms with E-state index in [1.165, 1.54) is 6.07 Å². The van der Waals surface area contributed by atoms with Crippen molar-refractivity contribution in [1.29, 1.82) is 0 Å². The van der Waals surface area contributed by atoms with Crippen LogP contribution >= 0.6 is 15.9 Å². The van der Waals surface area contributed by atoms with Crippen molar-refractivity contribution in [3.8, 4) is 0 Å². The molecular weight excluding hydrogens is 307 g/mol. The van der Waals surface area contributed by atoms with Gasteiger partial charge >= 0.3 is 0 Å². The van der Waals surface area contributed by atoms with Gasteiger partial charge in [0.1, 0.15) is 5.82 Å². The van der Waals surface area contributed by atoms with E-state index in [0.29, 0.717) is 18.5 Å².